The number of likely N-dealkylation sites (tertiary alicyclic amines) is 1. The Morgan fingerprint density at radius 2 is 1.96 bits per heavy atom. The summed E-state index contributed by atoms with van der Waals surface area (Å²) in [6.45, 7) is 5.94. The van der Waals surface area contributed by atoms with E-state index in [4.69, 9.17) is 0 Å². The summed E-state index contributed by atoms with van der Waals surface area (Å²) < 4.78 is 0. The third-order valence-electron chi connectivity index (χ3n) is 4.63. The predicted octanol–water partition coefficient (Wildman–Crippen LogP) is 0.844. The van der Waals surface area contributed by atoms with Gasteiger partial charge in [-0.1, -0.05) is 18.2 Å². The molecule has 23 heavy (non-hydrogen) atoms. The number of nitrogens with one attached hydrogen (secondary N) is 3. The van der Waals surface area contributed by atoms with Gasteiger partial charge in [-0.05, 0) is 13.0 Å². The Morgan fingerprint density at radius 3 is 2.74 bits per heavy atom. The number of ketones is 1. The number of amides is 1. The van der Waals surface area contributed by atoms with E-state index in [0.717, 1.165) is 29.6 Å². The van der Waals surface area contributed by atoms with Crippen molar-refractivity contribution in [2.75, 3.05) is 26.2 Å². The quantitative estimate of drug-likeness (QED) is 0.420. The number of benzene rings is 1. The number of carbonyl (C=O) groups is 2. The molecule has 1 amide bonds. The molecule has 0 radical (unpaired) electrons. The molecule has 1 saturated heterocycles. The van der Waals surface area contributed by atoms with Crippen LogP contribution in [0.25, 0.3) is 10.9 Å². The van der Waals surface area contributed by atoms with Crippen molar-refractivity contribution in [3.05, 3.63) is 35.5 Å². The van der Waals surface area contributed by atoms with Gasteiger partial charge in [-0.3, -0.25) is 9.59 Å². The van der Waals surface area contributed by atoms with Crippen LogP contribution in [0, 0.1) is 6.92 Å². The highest BCUT2D eigenvalue weighted by molar-refractivity contribution is 6.45. The number of fused-ring (bicyclic) bond motifs is 1. The van der Waals surface area contributed by atoms with Gasteiger partial charge < -0.3 is 15.2 Å². The number of hydrogen-bond donors (Lipinski definition) is 3. The zero-order valence-electron chi connectivity index (χ0n) is 13.6. The molecular formula is C18H24N3O2+. The first-order valence-electron chi connectivity index (χ1n) is 8.40. The molecule has 2 heterocycles. The molecule has 1 aromatic carbocycles. The van der Waals surface area contributed by atoms with E-state index in [1.807, 2.05) is 31.2 Å². The third-order valence-corrected chi connectivity index (χ3v) is 4.63. The lowest BCUT2D eigenvalue weighted by atomic mass is 10.1. The molecule has 0 unspecified atom stereocenters. The van der Waals surface area contributed by atoms with Gasteiger partial charge in [0.15, 0.2) is 0 Å². The van der Waals surface area contributed by atoms with Gasteiger partial charge in [-0.25, -0.2) is 0 Å². The Labute approximate surface area is 136 Å². The largest absolute Gasteiger partial charge is 0.358 e. The number of H-pyrrole nitrogens is 1. The SMILES string of the molecule is Cc1[nH]c2ccccc2c1C(=O)C(=O)NCCC[NH+]1CCCC1. The van der Waals surface area contributed by atoms with Gasteiger partial charge in [0.2, 0.25) is 0 Å². The van der Waals surface area contributed by atoms with E-state index in [1.165, 1.54) is 25.9 Å². The van der Waals surface area contributed by atoms with Crippen LogP contribution < -0.4 is 10.2 Å². The summed E-state index contributed by atoms with van der Waals surface area (Å²) in [5.74, 6) is -0.956. The molecule has 0 saturated carbocycles. The third kappa shape index (κ3) is 3.45. The maximum absolute atomic E-state index is 12.5. The standard InChI is InChI=1S/C18H23N3O2/c1-13-16(14-7-2-3-8-15(14)20-13)17(22)18(23)19-9-6-12-21-10-4-5-11-21/h2-3,7-8,20H,4-6,9-12H2,1H3,(H,19,23)/p+1. The zero-order chi connectivity index (χ0) is 16.2. The highest BCUT2D eigenvalue weighted by atomic mass is 16.2. The van der Waals surface area contributed by atoms with Crippen molar-refractivity contribution in [3.63, 3.8) is 0 Å². The van der Waals surface area contributed by atoms with Crippen LogP contribution in [0.2, 0.25) is 0 Å². The number of rotatable bonds is 6. The lowest BCUT2D eigenvalue weighted by Crippen LogP contribution is -3.10. The summed E-state index contributed by atoms with van der Waals surface area (Å²) in [5.41, 5.74) is 2.12. The van der Waals surface area contributed by atoms with Gasteiger partial charge in [-0.15, -0.1) is 0 Å². The molecule has 1 aliphatic rings. The van der Waals surface area contributed by atoms with E-state index in [9.17, 15) is 9.59 Å². The fourth-order valence-electron chi connectivity index (χ4n) is 3.43. The van der Waals surface area contributed by atoms with Crippen molar-refractivity contribution in [2.45, 2.75) is 26.2 Å². The summed E-state index contributed by atoms with van der Waals surface area (Å²) in [7, 11) is 0. The minimum atomic E-state index is -0.505. The van der Waals surface area contributed by atoms with Gasteiger partial charge in [0.25, 0.3) is 11.7 Å². The van der Waals surface area contributed by atoms with Crippen molar-refractivity contribution < 1.29 is 14.5 Å². The van der Waals surface area contributed by atoms with Crippen LogP contribution in [0.5, 0.6) is 0 Å². The van der Waals surface area contributed by atoms with Gasteiger partial charge in [0, 0.05) is 42.4 Å². The fraction of sp³-hybridized carbons (Fsp3) is 0.444. The number of aromatic amines is 1. The predicted molar refractivity (Wildman–Crippen MR) is 89.8 cm³/mol. The molecule has 2 aromatic rings. The number of para-hydroxylation sites is 1. The van der Waals surface area contributed by atoms with Crippen molar-refractivity contribution in [1.82, 2.24) is 10.3 Å². The molecule has 1 aromatic heterocycles. The zero-order valence-corrected chi connectivity index (χ0v) is 13.6. The number of Topliss-reactive ketones (excluding diaryl/α,β-unsaturated/α-hetero) is 1. The van der Waals surface area contributed by atoms with Crippen LogP contribution in [0.15, 0.2) is 24.3 Å². The molecule has 0 atom stereocenters. The van der Waals surface area contributed by atoms with E-state index in [2.05, 4.69) is 10.3 Å². The Balaban J connectivity index is 1.58. The van der Waals surface area contributed by atoms with Gasteiger partial charge >= 0.3 is 0 Å². The molecule has 0 spiro atoms. The first-order chi connectivity index (χ1) is 11.2. The van der Waals surface area contributed by atoms with Crippen LogP contribution >= 0.6 is 0 Å². The summed E-state index contributed by atoms with van der Waals surface area (Å²) in [6.07, 6.45) is 3.53. The van der Waals surface area contributed by atoms with Crippen molar-refractivity contribution in [1.29, 1.82) is 0 Å². The second-order valence-electron chi connectivity index (χ2n) is 6.32. The number of aryl methyl sites for hydroxylation is 1. The molecule has 3 N–H and O–H groups in total. The average molecular weight is 314 g/mol. The summed E-state index contributed by atoms with van der Waals surface area (Å²) in [5, 5.41) is 3.58. The fourth-order valence-corrected chi connectivity index (χ4v) is 3.43. The molecular weight excluding hydrogens is 290 g/mol. The topological polar surface area (TPSA) is 66.4 Å². The van der Waals surface area contributed by atoms with Crippen LogP contribution in [0.4, 0.5) is 0 Å². The Kier molecular flexibility index (Phi) is 4.76. The molecule has 0 aliphatic carbocycles. The average Bonchev–Trinajstić information content (AvgIpc) is 3.17. The number of carbonyl (C=O) groups excluding carboxylic acids is 2. The van der Waals surface area contributed by atoms with Crippen LogP contribution in [-0.4, -0.2) is 42.9 Å². The maximum atomic E-state index is 12.5. The van der Waals surface area contributed by atoms with E-state index < -0.39 is 11.7 Å². The number of quaternary nitrogens is 1. The molecule has 0 bridgehead atoms. The Hall–Kier alpha value is -2.14. The van der Waals surface area contributed by atoms with Crippen LogP contribution in [-0.2, 0) is 4.79 Å². The first-order valence-corrected chi connectivity index (χ1v) is 8.40. The second-order valence-corrected chi connectivity index (χ2v) is 6.32. The van der Waals surface area contributed by atoms with E-state index >= 15 is 0 Å². The Bertz CT molecular complexity index is 714. The van der Waals surface area contributed by atoms with Crippen LogP contribution in [0.3, 0.4) is 0 Å². The van der Waals surface area contributed by atoms with Crippen molar-refractivity contribution in [2.24, 2.45) is 0 Å². The molecule has 5 heteroatoms. The lowest BCUT2D eigenvalue weighted by Gasteiger charge is -2.11. The second kappa shape index (κ2) is 6.96. The molecule has 1 fully saturated rings. The minimum absolute atomic E-state index is 0.450. The highest BCUT2D eigenvalue weighted by Gasteiger charge is 2.22. The number of aromatic nitrogens is 1. The molecule has 122 valence electrons. The van der Waals surface area contributed by atoms with Crippen molar-refractivity contribution in [3.8, 4) is 0 Å². The first kappa shape index (κ1) is 15.7. The molecule has 5 nitrogen and oxygen atoms in total. The molecule has 3 rings (SSSR count). The van der Waals surface area contributed by atoms with Gasteiger partial charge in [0.1, 0.15) is 0 Å². The van der Waals surface area contributed by atoms with E-state index in [-0.39, 0.29) is 0 Å². The van der Waals surface area contributed by atoms with Crippen molar-refractivity contribution >= 4 is 22.6 Å². The van der Waals surface area contributed by atoms with Crippen LogP contribution in [0.1, 0.15) is 35.3 Å². The molecule has 1 aliphatic heterocycles. The summed E-state index contributed by atoms with van der Waals surface area (Å²) in [6, 6.07) is 7.57. The normalized spacial score (nSPS) is 15.2. The van der Waals surface area contributed by atoms with E-state index in [0.29, 0.717) is 12.1 Å². The summed E-state index contributed by atoms with van der Waals surface area (Å²) >= 11 is 0. The monoisotopic (exact) mass is 314 g/mol. The minimum Gasteiger partial charge on any atom is -0.358 e. The number of hydrogen-bond acceptors (Lipinski definition) is 2. The van der Waals surface area contributed by atoms with E-state index in [1.54, 1.807) is 4.90 Å². The van der Waals surface area contributed by atoms with Gasteiger partial charge in [0.05, 0.1) is 25.2 Å². The lowest BCUT2D eigenvalue weighted by molar-refractivity contribution is -0.887. The maximum Gasteiger partial charge on any atom is 0.292 e. The van der Waals surface area contributed by atoms with Gasteiger partial charge in [-0.2, -0.15) is 0 Å². The Morgan fingerprint density at radius 1 is 1.22 bits per heavy atom. The smallest absolute Gasteiger partial charge is 0.292 e. The summed E-state index contributed by atoms with van der Waals surface area (Å²) in [4.78, 5) is 29.4. The highest BCUT2D eigenvalue weighted by Crippen LogP contribution is 2.22.